The van der Waals surface area contributed by atoms with E-state index >= 15 is 0 Å². The Balaban J connectivity index is 1.88. The van der Waals surface area contributed by atoms with Gasteiger partial charge < -0.3 is 10.1 Å². The minimum absolute atomic E-state index is 0.0111. The van der Waals surface area contributed by atoms with Gasteiger partial charge in [-0.1, -0.05) is 41.9 Å². The minimum atomic E-state index is -0.780. The van der Waals surface area contributed by atoms with Gasteiger partial charge in [0.2, 0.25) is 0 Å². The van der Waals surface area contributed by atoms with Crippen molar-refractivity contribution in [3.8, 4) is 0 Å². The Kier molecular flexibility index (Phi) is 5.71. The van der Waals surface area contributed by atoms with Crippen LogP contribution in [0.5, 0.6) is 0 Å². The highest BCUT2D eigenvalue weighted by Crippen LogP contribution is 2.18. The number of halogens is 2. The summed E-state index contributed by atoms with van der Waals surface area (Å²) >= 11 is 5.76. The van der Waals surface area contributed by atoms with Crippen LogP contribution in [-0.2, 0) is 9.53 Å². The minimum Gasteiger partial charge on any atom is -0.452 e. The maximum absolute atomic E-state index is 12.9. The summed E-state index contributed by atoms with van der Waals surface area (Å²) in [6, 6.07) is 12.5. The molecular formula is C17H15ClFNO3. The number of nitrogens with one attached hydrogen (secondary N) is 1. The molecular weight excluding hydrogens is 321 g/mol. The average Bonchev–Trinajstić information content (AvgIpc) is 2.53. The standard InChI is InChI=1S/C17H15ClFNO3/c1-11(12-5-3-2-4-6-12)20-16(21)10-23-17(22)14-8-7-13(19)9-15(14)18/h2-9,11H,10H2,1H3,(H,20,21)/t11-/m1/s1. The Hall–Kier alpha value is -2.40. The third kappa shape index (κ3) is 4.79. The molecule has 0 heterocycles. The first-order chi connectivity index (χ1) is 11.0. The molecule has 0 aliphatic carbocycles. The normalized spacial score (nSPS) is 11.6. The molecule has 0 unspecified atom stereocenters. The highest BCUT2D eigenvalue weighted by atomic mass is 35.5. The van der Waals surface area contributed by atoms with Crippen LogP contribution in [0.4, 0.5) is 4.39 Å². The highest BCUT2D eigenvalue weighted by Gasteiger charge is 2.15. The van der Waals surface area contributed by atoms with Crippen LogP contribution in [0.15, 0.2) is 48.5 Å². The molecule has 0 radical (unpaired) electrons. The van der Waals surface area contributed by atoms with E-state index in [0.29, 0.717) is 0 Å². The van der Waals surface area contributed by atoms with Crippen LogP contribution >= 0.6 is 11.6 Å². The summed E-state index contributed by atoms with van der Waals surface area (Å²) in [4.78, 5) is 23.6. The van der Waals surface area contributed by atoms with E-state index in [1.54, 1.807) is 0 Å². The average molecular weight is 336 g/mol. The fourth-order valence-corrected chi connectivity index (χ4v) is 2.22. The molecule has 0 bridgehead atoms. The van der Waals surface area contributed by atoms with Crippen LogP contribution in [0.3, 0.4) is 0 Å². The molecule has 120 valence electrons. The molecule has 6 heteroatoms. The molecule has 0 saturated carbocycles. The van der Waals surface area contributed by atoms with Crippen LogP contribution in [-0.4, -0.2) is 18.5 Å². The van der Waals surface area contributed by atoms with Crippen molar-refractivity contribution >= 4 is 23.5 Å². The maximum Gasteiger partial charge on any atom is 0.340 e. The third-order valence-corrected chi connectivity index (χ3v) is 3.48. The molecule has 4 nitrogen and oxygen atoms in total. The summed E-state index contributed by atoms with van der Waals surface area (Å²) in [5, 5.41) is 2.66. The van der Waals surface area contributed by atoms with Gasteiger partial charge in [0, 0.05) is 0 Å². The molecule has 1 N–H and O–H groups in total. The monoisotopic (exact) mass is 335 g/mol. The van der Waals surface area contributed by atoms with E-state index in [9.17, 15) is 14.0 Å². The first-order valence-corrected chi connectivity index (χ1v) is 7.31. The molecule has 23 heavy (non-hydrogen) atoms. The van der Waals surface area contributed by atoms with Crippen LogP contribution in [0.2, 0.25) is 5.02 Å². The van der Waals surface area contributed by atoms with Crippen molar-refractivity contribution in [2.45, 2.75) is 13.0 Å². The zero-order valence-electron chi connectivity index (χ0n) is 12.4. The number of rotatable bonds is 5. The number of esters is 1. The van der Waals surface area contributed by atoms with Gasteiger partial charge in [-0.05, 0) is 30.7 Å². The topological polar surface area (TPSA) is 55.4 Å². The highest BCUT2D eigenvalue weighted by molar-refractivity contribution is 6.33. The van der Waals surface area contributed by atoms with Crippen molar-refractivity contribution in [1.29, 1.82) is 0 Å². The summed E-state index contributed by atoms with van der Waals surface area (Å²) in [5.74, 6) is -1.77. The van der Waals surface area contributed by atoms with E-state index in [2.05, 4.69) is 5.32 Å². The SMILES string of the molecule is C[C@@H](NC(=O)COC(=O)c1ccc(F)cc1Cl)c1ccccc1. The smallest absolute Gasteiger partial charge is 0.340 e. The van der Waals surface area contributed by atoms with E-state index in [1.165, 1.54) is 6.07 Å². The first-order valence-electron chi connectivity index (χ1n) is 6.94. The van der Waals surface area contributed by atoms with Crippen molar-refractivity contribution in [1.82, 2.24) is 5.32 Å². The van der Waals surface area contributed by atoms with Gasteiger partial charge in [0.1, 0.15) is 5.82 Å². The lowest BCUT2D eigenvalue weighted by Gasteiger charge is -2.14. The second-order valence-corrected chi connectivity index (χ2v) is 5.31. The molecule has 0 spiro atoms. The van der Waals surface area contributed by atoms with E-state index < -0.39 is 24.3 Å². The maximum atomic E-state index is 12.9. The van der Waals surface area contributed by atoms with Gasteiger partial charge >= 0.3 is 5.97 Å². The Labute approximate surface area is 138 Å². The van der Waals surface area contributed by atoms with Gasteiger partial charge in [-0.2, -0.15) is 0 Å². The summed E-state index contributed by atoms with van der Waals surface area (Å²) in [7, 11) is 0. The molecule has 0 saturated heterocycles. The number of hydrogen-bond acceptors (Lipinski definition) is 3. The number of carbonyl (C=O) groups is 2. The molecule has 1 atom stereocenters. The number of benzene rings is 2. The number of amides is 1. The number of hydrogen-bond donors (Lipinski definition) is 1. The molecule has 1 amide bonds. The molecule has 2 rings (SSSR count). The molecule has 0 fully saturated rings. The fourth-order valence-electron chi connectivity index (χ4n) is 1.97. The predicted octanol–water partition coefficient (Wildman–Crippen LogP) is 3.51. The lowest BCUT2D eigenvalue weighted by molar-refractivity contribution is -0.124. The van der Waals surface area contributed by atoms with E-state index in [4.69, 9.17) is 16.3 Å². The number of carbonyl (C=O) groups excluding carboxylic acids is 2. The lowest BCUT2D eigenvalue weighted by Crippen LogP contribution is -2.31. The largest absolute Gasteiger partial charge is 0.452 e. The van der Waals surface area contributed by atoms with Crippen LogP contribution in [0.1, 0.15) is 28.9 Å². The van der Waals surface area contributed by atoms with Crippen LogP contribution < -0.4 is 5.32 Å². The van der Waals surface area contributed by atoms with Gasteiger partial charge in [0.25, 0.3) is 5.91 Å². The van der Waals surface area contributed by atoms with Gasteiger partial charge in [0.05, 0.1) is 16.6 Å². The van der Waals surface area contributed by atoms with Crippen molar-refractivity contribution in [2.24, 2.45) is 0 Å². The van der Waals surface area contributed by atoms with E-state index in [-0.39, 0.29) is 16.6 Å². The van der Waals surface area contributed by atoms with Crippen LogP contribution in [0.25, 0.3) is 0 Å². The van der Waals surface area contributed by atoms with Gasteiger partial charge in [0.15, 0.2) is 6.61 Å². The second kappa shape index (κ2) is 7.74. The second-order valence-electron chi connectivity index (χ2n) is 4.90. The van der Waals surface area contributed by atoms with Crippen molar-refractivity contribution in [3.05, 3.63) is 70.5 Å². The molecule has 0 aliphatic heterocycles. The van der Waals surface area contributed by atoms with Crippen molar-refractivity contribution in [3.63, 3.8) is 0 Å². The molecule has 2 aromatic carbocycles. The van der Waals surface area contributed by atoms with Gasteiger partial charge in [-0.3, -0.25) is 4.79 Å². The van der Waals surface area contributed by atoms with E-state index in [1.807, 2.05) is 37.3 Å². The van der Waals surface area contributed by atoms with E-state index in [0.717, 1.165) is 17.7 Å². The van der Waals surface area contributed by atoms with Crippen molar-refractivity contribution in [2.75, 3.05) is 6.61 Å². The van der Waals surface area contributed by atoms with Gasteiger partial charge in [-0.15, -0.1) is 0 Å². The Bertz CT molecular complexity index is 706. The first kappa shape index (κ1) is 17.0. The summed E-state index contributed by atoms with van der Waals surface area (Å²) in [6.45, 7) is 1.38. The third-order valence-electron chi connectivity index (χ3n) is 3.16. The van der Waals surface area contributed by atoms with Crippen molar-refractivity contribution < 1.29 is 18.7 Å². The van der Waals surface area contributed by atoms with Gasteiger partial charge in [-0.25, -0.2) is 9.18 Å². The molecule has 0 aliphatic rings. The molecule has 2 aromatic rings. The summed E-state index contributed by atoms with van der Waals surface area (Å²) in [6.07, 6.45) is 0. The fraction of sp³-hybridized carbons (Fsp3) is 0.176. The quantitative estimate of drug-likeness (QED) is 0.851. The number of ether oxygens (including phenoxy) is 1. The Morgan fingerprint density at radius 1 is 1.22 bits per heavy atom. The lowest BCUT2D eigenvalue weighted by atomic mass is 10.1. The molecule has 0 aromatic heterocycles. The summed E-state index contributed by atoms with van der Waals surface area (Å²) in [5.41, 5.74) is 0.950. The zero-order chi connectivity index (χ0) is 16.8. The Morgan fingerprint density at radius 3 is 2.57 bits per heavy atom. The Morgan fingerprint density at radius 2 is 1.91 bits per heavy atom. The predicted molar refractivity (Wildman–Crippen MR) is 84.7 cm³/mol. The summed E-state index contributed by atoms with van der Waals surface area (Å²) < 4.78 is 17.8. The zero-order valence-corrected chi connectivity index (χ0v) is 13.1. The van der Waals surface area contributed by atoms with Crippen LogP contribution in [0, 0.1) is 5.82 Å².